The number of anilines is 4. The molecule has 4 heterocycles. The van der Waals surface area contributed by atoms with Gasteiger partial charge in [0.15, 0.2) is 18.1 Å². The molecule has 6 aromatic rings. The number of hydrogen-bond acceptors (Lipinski definition) is 12. The number of benzene rings is 5. The summed E-state index contributed by atoms with van der Waals surface area (Å²) in [5.41, 5.74) is 7.80. The Morgan fingerprint density at radius 2 is 1.52 bits per heavy atom. The molecule has 9 rings (SSSR count). The molecule has 0 spiro atoms. The van der Waals surface area contributed by atoms with E-state index in [4.69, 9.17) is 16.1 Å². The Labute approximate surface area is 441 Å². The molecule has 0 saturated carbocycles. The fourth-order valence-electron chi connectivity index (χ4n) is 10.6. The number of hydrogen-bond donors (Lipinski definition) is 2. The lowest BCUT2D eigenvalue weighted by atomic mass is 9.97. The first kappa shape index (κ1) is 52.7. The van der Waals surface area contributed by atoms with Crippen molar-refractivity contribution >= 4 is 75.2 Å². The van der Waals surface area contributed by atoms with E-state index in [2.05, 4.69) is 91.6 Å². The number of piperazine rings is 1. The zero-order chi connectivity index (χ0) is 51.2. The van der Waals surface area contributed by atoms with E-state index in [1.54, 1.807) is 17.8 Å². The summed E-state index contributed by atoms with van der Waals surface area (Å²) in [7, 11) is -4.93. The molecule has 0 aliphatic carbocycles. The Balaban J connectivity index is 0.883. The second-order valence-electron chi connectivity index (χ2n) is 19.7. The Morgan fingerprint density at radius 3 is 2.18 bits per heavy atom. The summed E-state index contributed by atoms with van der Waals surface area (Å²) in [6.07, 6.45) is 4.97. The second kappa shape index (κ2) is 23.6. The number of aliphatic hydroxyl groups is 1. The van der Waals surface area contributed by atoms with Crippen LogP contribution in [0.1, 0.15) is 51.3 Å². The van der Waals surface area contributed by atoms with Gasteiger partial charge in [-0.2, -0.15) is 0 Å². The van der Waals surface area contributed by atoms with Gasteiger partial charge in [0.25, 0.3) is 5.69 Å². The number of aliphatic hydroxyl groups excluding tert-OH is 1. The number of rotatable bonds is 18. The van der Waals surface area contributed by atoms with E-state index in [0.717, 1.165) is 134 Å². The number of likely N-dealkylation sites (tertiary alicyclic amines) is 1. The Kier molecular flexibility index (Phi) is 17.1. The van der Waals surface area contributed by atoms with Crippen LogP contribution in [0.5, 0.6) is 0 Å². The van der Waals surface area contributed by atoms with Crippen LogP contribution in [0.3, 0.4) is 0 Å². The molecule has 3 aliphatic rings. The van der Waals surface area contributed by atoms with Crippen molar-refractivity contribution in [2.24, 2.45) is 5.92 Å². The van der Waals surface area contributed by atoms with Crippen LogP contribution < -0.4 is 25.1 Å². The SMILES string of the molecule is Cc1c(S(C)(=O)=O)c(-c2cccc(N3CCN(c4ccc(N5CCCOP5c5ccc(NC(CCN6CCC(CO)CC6)CSc6ccccc6)c([N+](=O)[O-])c5)cc4)CC3)c2)c(-c2ccc(Cl)cc2)n1C(C)C. The minimum atomic E-state index is -3.60. The van der Waals surface area contributed by atoms with Gasteiger partial charge < -0.3 is 38.9 Å². The van der Waals surface area contributed by atoms with Crippen LogP contribution in [0.25, 0.3) is 22.4 Å². The first-order valence-electron chi connectivity index (χ1n) is 25.4. The lowest BCUT2D eigenvalue weighted by Gasteiger charge is -2.38. The third-order valence-electron chi connectivity index (χ3n) is 14.4. The van der Waals surface area contributed by atoms with Crippen molar-refractivity contribution in [2.45, 2.75) is 68.3 Å². The van der Waals surface area contributed by atoms with Gasteiger partial charge in [-0.1, -0.05) is 54.1 Å². The maximum absolute atomic E-state index is 13.6. The molecule has 3 fully saturated rings. The first-order chi connectivity index (χ1) is 35.2. The highest BCUT2D eigenvalue weighted by atomic mass is 35.5. The summed E-state index contributed by atoms with van der Waals surface area (Å²) >= 11 is 8.07. The average Bonchev–Trinajstić information content (AvgIpc) is 3.74. The normalized spacial score (nSPS) is 17.6. The van der Waals surface area contributed by atoms with Crippen molar-refractivity contribution in [2.75, 3.05) is 97.4 Å². The van der Waals surface area contributed by atoms with Crippen molar-refractivity contribution in [3.63, 3.8) is 0 Å². The van der Waals surface area contributed by atoms with Crippen LogP contribution in [-0.4, -0.2) is 112 Å². The largest absolute Gasteiger partial charge is 0.396 e. The van der Waals surface area contributed by atoms with Gasteiger partial charge in [-0.15, -0.1) is 11.8 Å². The smallest absolute Gasteiger partial charge is 0.293 e. The van der Waals surface area contributed by atoms with E-state index in [0.29, 0.717) is 33.7 Å². The van der Waals surface area contributed by atoms with E-state index >= 15 is 0 Å². The maximum Gasteiger partial charge on any atom is 0.293 e. The van der Waals surface area contributed by atoms with Crippen molar-refractivity contribution < 1.29 is 23.0 Å². The highest BCUT2D eigenvalue weighted by Crippen LogP contribution is 2.48. The summed E-state index contributed by atoms with van der Waals surface area (Å²) in [6.45, 7) is 13.6. The third-order valence-corrected chi connectivity index (χ3v) is 19.0. The van der Waals surface area contributed by atoms with Gasteiger partial charge >= 0.3 is 0 Å². The van der Waals surface area contributed by atoms with Gasteiger partial charge in [0.05, 0.1) is 22.1 Å². The molecule has 13 nitrogen and oxygen atoms in total. The zero-order valence-electron chi connectivity index (χ0n) is 42.2. The van der Waals surface area contributed by atoms with Crippen LogP contribution >= 0.6 is 31.7 Å². The lowest BCUT2D eigenvalue weighted by Crippen LogP contribution is -2.46. The van der Waals surface area contributed by atoms with Crippen LogP contribution in [-0.2, 0) is 14.4 Å². The van der Waals surface area contributed by atoms with E-state index < -0.39 is 18.1 Å². The molecule has 0 amide bonds. The number of nitro groups is 1. The number of halogens is 1. The molecule has 3 saturated heterocycles. The summed E-state index contributed by atoms with van der Waals surface area (Å²) in [4.78, 5) is 21.2. The number of thioether (sulfide) groups is 1. The molecular weight excluding hydrogens is 997 g/mol. The summed E-state index contributed by atoms with van der Waals surface area (Å²) < 4.78 is 38.0. The highest BCUT2D eigenvalue weighted by Gasteiger charge is 2.32. The van der Waals surface area contributed by atoms with E-state index in [-0.39, 0.29) is 29.3 Å². The van der Waals surface area contributed by atoms with Gasteiger partial charge in [-0.05, 0) is 149 Å². The van der Waals surface area contributed by atoms with E-state index in [1.807, 2.05) is 73.7 Å². The molecular formula is C56H67ClN7O6PS2. The van der Waals surface area contributed by atoms with Crippen LogP contribution in [0.15, 0.2) is 131 Å². The number of aromatic nitrogens is 1. The Morgan fingerprint density at radius 1 is 0.836 bits per heavy atom. The molecule has 73 heavy (non-hydrogen) atoms. The molecule has 386 valence electrons. The summed E-state index contributed by atoms with van der Waals surface area (Å²) in [5.74, 6) is 1.13. The third kappa shape index (κ3) is 12.4. The second-order valence-corrected chi connectivity index (χ2v) is 25.0. The first-order valence-corrected chi connectivity index (χ1v) is 29.9. The quantitative estimate of drug-likeness (QED) is 0.0367. The number of nitrogens with one attached hydrogen (secondary N) is 1. The molecule has 2 N–H and O–H groups in total. The molecule has 1 aromatic heterocycles. The number of sulfone groups is 1. The van der Waals surface area contributed by atoms with Crippen LogP contribution in [0.2, 0.25) is 5.02 Å². The number of nitro benzene ring substituents is 1. The maximum atomic E-state index is 13.6. The van der Waals surface area contributed by atoms with Gasteiger partial charge in [0.2, 0.25) is 0 Å². The molecule has 3 aliphatic heterocycles. The van der Waals surface area contributed by atoms with Crippen molar-refractivity contribution in [3.8, 4) is 22.4 Å². The Hall–Kier alpha value is -5.12. The van der Waals surface area contributed by atoms with Gasteiger partial charge in [0.1, 0.15) is 5.69 Å². The molecule has 17 heteroatoms. The predicted molar refractivity (Wildman–Crippen MR) is 302 cm³/mol. The highest BCUT2D eigenvalue weighted by molar-refractivity contribution is 7.99. The topological polar surface area (TPSA) is 137 Å². The van der Waals surface area contributed by atoms with Crippen molar-refractivity contribution in [3.05, 3.63) is 142 Å². The number of piperidine rings is 1. The Bertz CT molecular complexity index is 2950. The molecule has 5 aromatic carbocycles. The van der Waals surface area contributed by atoms with E-state index in [9.17, 15) is 23.6 Å². The fraction of sp³-hybridized carbons (Fsp3) is 0.393. The number of nitrogens with zero attached hydrogens (tertiary/aromatic N) is 6. The van der Waals surface area contributed by atoms with Gasteiger partial charge in [-0.3, -0.25) is 10.1 Å². The molecule has 2 atom stereocenters. The predicted octanol–water partition coefficient (Wildman–Crippen LogP) is 11.5. The van der Waals surface area contributed by atoms with Crippen molar-refractivity contribution in [1.29, 1.82) is 0 Å². The monoisotopic (exact) mass is 1060 g/mol. The average molecular weight is 1060 g/mol. The fourth-order valence-corrected chi connectivity index (χ4v) is 14.9. The minimum absolute atomic E-state index is 0.00359. The molecule has 0 bridgehead atoms. The molecule has 0 radical (unpaired) electrons. The van der Waals surface area contributed by atoms with Crippen molar-refractivity contribution in [1.82, 2.24) is 9.47 Å². The lowest BCUT2D eigenvalue weighted by molar-refractivity contribution is -0.383. The zero-order valence-corrected chi connectivity index (χ0v) is 45.5. The van der Waals surface area contributed by atoms with Crippen LogP contribution in [0, 0.1) is 23.0 Å². The van der Waals surface area contributed by atoms with Gasteiger partial charge in [-0.25, -0.2) is 8.42 Å². The standard InChI is InChI=1S/C56H67ClN7O6PS2/c1-40(2)63-41(3)56(73(4,68)69)54(55(63)43-14-16-45(57)17-15-43)44-10-8-11-49(36-44)61-33-31-60(32-34-61)47-18-20-48(21-19-47)62-27-9-35-70-71(62)50-22-23-52(53(37-50)64(66)67)58-46(39-72-51-12-6-5-7-13-51)26-30-59-28-24-42(38-65)25-29-59/h5-8,10-23,36-37,40,42,46,58,65H,9,24-35,38-39H2,1-4H3. The minimum Gasteiger partial charge on any atom is -0.396 e. The summed E-state index contributed by atoms with van der Waals surface area (Å²) in [5, 5.41) is 27.5. The van der Waals surface area contributed by atoms with E-state index in [1.165, 1.54) is 6.26 Å². The summed E-state index contributed by atoms with van der Waals surface area (Å²) in [6, 6.07) is 40.4. The van der Waals surface area contributed by atoms with Gasteiger partial charge in [0, 0.05) is 120 Å². The van der Waals surface area contributed by atoms with Crippen LogP contribution in [0.4, 0.5) is 28.4 Å². The molecule has 2 unspecified atom stereocenters.